The number of azide groups is 1. The van der Waals surface area contributed by atoms with E-state index >= 15 is 0 Å². The number of hydrogen-bond acceptors (Lipinski definition) is 10. The predicted molar refractivity (Wildman–Crippen MR) is 81.1 cm³/mol. The lowest BCUT2D eigenvalue weighted by Crippen LogP contribution is -2.61. The number of rotatable bonds is 6. The quantitative estimate of drug-likeness (QED) is 0.210. The van der Waals surface area contributed by atoms with Gasteiger partial charge in [0.1, 0.15) is 18.8 Å². The summed E-state index contributed by atoms with van der Waals surface area (Å²) in [6.07, 6.45) is -5.18. The molecule has 1 heterocycles. The molecule has 0 bridgehead atoms. The van der Waals surface area contributed by atoms with Gasteiger partial charge in [-0.1, -0.05) is 5.11 Å². The van der Waals surface area contributed by atoms with Gasteiger partial charge in [-0.3, -0.25) is 19.2 Å². The smallest absolute Gasteiger partial charge is 0.304 e. The Labute approximate surface area is 148 Å². The molecule has 0 spiro atoms. The molecule has 26 heavy (non-hydrogen) atoms. The highest BCUT2D eigenvalue weighted by Gasteiger charge is 2.51. The second-order valence-electron chi connectivity index (χ2n) is 5.30. The van der Waals surface area contributed by atoms with E-state index in [0.29, 0.717) is 0 Å². The summed E-state index contributed by atoms with van der Waals surface area (Å²) >= 11 is 0. The first-order valence-electron chi connectivity index (χ1n) is 7.50. The highest BCUT2D eigenvalue weighted by Crippen LogP contribution is 2.29. The standard InChI is InChI=1S/C14H19N3O9/c1-6(18)22-5-10-12(23-7(2)19)13(24-8(3)20)11(16-17-15)14(26-10)25-9(4)21/h10-14H,5H2,1-4H3/t10-,11?,12+,13-,14-/m1/s1. The fourth-order valence-electron chi connectivity index (χ4n) is 2.33. The molecule has 1 unspecified atom stereocenters. The van der Waals surface area contributed by atoms with Crippen LogP contribution in [0, 0.1) is 0 Å². The van der Waals surface area contributed by atoms with Crippen LogP contribution < -0.4 is 0 Å². The maximum atomic E-state index is 11.5. The summed E-state index contributed by atoms with van der Waals surface area (Å²) in [5.41, 5.74) is 8.78. The molecule has 0 aromatic heterocycles. The summed E-state index contributed by atoms with van der Waals surface area (Å²) in [7, 11) is 0. The Morgan fingerprint density at radius 2 is 1.46 bits per heavy atom. The molecule has 1 fully saturated rings. The number of nitrogens with zero attached hydrogens (tertiary/aromatic N) is 3. The lowest BCUT2D eigenvalue weighted by molar-refractivity contribution is -0.267. The van der Waals surface area contributed by atoms with Gasteiger partial charge in [0.15, 0.2) is 12.2 Å². The minimum Gasteiger partial charge on any atom is -0.463 e. The van der Waals surface area contributed by atoms with Crippen LogP contribution in [0.25, 0.3) is 10.4 Å². The third-order valence-electron chi connectivity index (χ3n) is 3.14. The van der Waals surface area contributed by atoms with E-state index in [2.05, 4.69) is 10.0 Å². The third kappa shape index (κ3) is 6.22. The molecular weight excluding hydrogens is 354 g/mol. The summed E-state index contributed by atoms with van der Waals surface area (Å²) < 4.78 is 25.5. The van der Waals surface area contributed by atoms with Gasteiger partial charge in [0, 0.05) is 32.6 Å². The number of ether oxygens (including phenoxy) is 5. The normalized spacial score (nSPS) is 27.5. The van der Waals surface area contributed by atoms with Crippen LogP contribution in [0.15, 0.2) is 5.11 Å². The number of esters is 4. The third-order valence-corrected chi connectivity index (χ3v) is 3.14. The molecule has 12 heteroatoms. The van der Waals surface area contributed by atoms with Gasteiger partial charge in [0.05, 0.1) is 0 Å². The zero-order valence-corrected chi connectivity index (χ0v) is 14.6. The lowest BCUT2D eigenvalue weighted by atomic mass is 9.97. The molecule has 1 rings (SSSR count). The SMILES string of the molecule is CC(=O)OC[C@H]1O[C@@H](OC(C)=O)C(N=[N+]=[N-])[C@@H](OC(C)=O)[C@H]1OC(C)=O. The van der Waals surface area contributed by atoms with Crippen molar-refractivity contribution in [3.05, 3.63) is 10.4 Å². The highest BCUT2D eigenvalue weighted by atomic mass is 16.7. The Kier molecular flexibility index (Phi) is 7.81. The molecular formula is C14H19N3O9. The second-order valence-corrected chi connectivity index (χ2v) is 5.30. The Hall–Kier alpha value is -2.85. The number of hydrogen-bond donors (Lipinski definition) is 0. The van der Waals surface area contributed by atoms with E-state index in [1.807, 2.05) is 0 Å². The summed E-state index contributed by atoms with van der Waals surface area (Å²) in [6.45, 7) is 4.06. The van der Waals surface area contributed by atoms with Crippen LogP contribution in [0.5, 0.6) is 0 Å². The molecule has 0 aromatic rings. The van der Waals surface area contributed by atoms with Crippen LogP contribution in [0.3, 0.4) is 0 Å². The molecule has 1 aliphatic heterocycles. The summed E-state index contributed by atoms with van der Waals surface area (Å²) in [6, 6.07) is -1.33. The molecule has 0 aromatic carbocycles. The van der Waals surface area contributed by atoms with Crippen LogP contribution in [0.2, 0.25) is 0 Å². The Morgan fingerprint density at radius 3 is 1.92 bits per heavy atom. The van der Waals surface area contributed by atoms with Crippen molar-refractivity contribution in [2.24, 2.45) is 5.11 Å². The minimum atomic E-state index is -1.44. The van der Waals surface area contributed by atoms with E-state index in [4.69, 9.17) is 29.2 Å². The first kappa shape index (κ1) is 21.2. The summed E-state index contributed by atoms with van der Waals surface area (Å²) in [5, 5.41) is 3.44. The van der Waals surface area contributed by atoms with E-state index in [9.17, 15) is 19.2 Å². The minimum absolute atomic E-state index is 0.383. The first-order valence-corrected chi connectivity index (χ1v) is 7.50. The van der Waals surface area contributed by atoms with Gasteiger partial charge in [-0.2, -0.15) is 0 Å². The maximum absolute atomic E-state index is 11.5. The molecule has 12 nitrogen and oxygen atoms in total. The lowest BCUT2D eigenvalue weighted by Gasteiger charge is -2.42. The number of carbonyl (C=O) groups excluding carboxylic acids is 4. The van der Waals surface area contributed by atoms with Crippen molar-refractivity contribution < 1.29 is 42.9 Å². The molecule has 5 atom stereocenters. The zero-order valence-electron chi connectivity index (χ0n) is 14.6. The van der Waals surface area contributed by atoms with E-state index < -0.39 is 54.5 Å². The van der Waals surface area contributed by atoms with Gasteiger partial charge in [-0.05, 0) is 5.53 Å². The molecule has 0 saturated carbocycles. The monoisotopic (exact) mass is 373 g/mol. The van der Waals surface area contributed by atoms with Crippen molar-refractivity contribution in [3.63, 3.8) is 0 Å². The molecule has 0 amide bonds. The van der Waals surface area contributed by atoms with Gasteiger partial charge < -0.3 is 23.7 Å². The van der Waals surface area contributed by atoms with E-state index in [0.717, 1.165) is 27.7 Å². The van der Waals surface area contributed by atoms with Crippen LogP contribution in [-0.2, 0) is 42.9 Å². The zero-order chi connectivity index (χ0) is 19.9. The molecule has 144 valence electrons. The molecule has 1 saturated heterocycles. The van der Waals surface area contributed by atoms with Gasteiger partial charge in [0.2, 0.25) is 6.29 Å². The predicted octanol–water partition coefficient (Wildman–Crippen LogP) is 0.380. The molecule has 0 N–H and O–H groups in total. The number of carbonyl (C=O) groups is 4. The molecule has 0 aliphatic carbocycles. The fraction of sp³-hybridized carbons (Fsp3) is 0.714. The average Bonchev–Trinajstić information content (AvgIpc) is 2.49. The topological polar surface area (TPSA) is 163 Å². The van der Waals surface area contributed by atoms with Crippen molar-refractivity contribution in [2.45, 2.75) is 58.3 Å². The summed E-state index contributed by atoms with van der Waals surface area (Å²) in [5.74, 6) is -2.90. The Balaban J connectivity index is 3.28. The van der Waals surface area contributed by atoms with Crippen molar-refractivity contribution in [3.8, 4) is 0 Å². The Bertz CT molecular complexity index is 617. The highest BCUT2D eigenvalue weighted by molar-refractivity contribution is 5.68. The van der Waals surface area contributed by atoms with E-state index in [1.54, 1.807) is 0 Å². The Morgan fingerprint density at radius 1 is 0.923 bits per heavy atom. The van der Waals surface area contributed by atoms with Crippen LogP contribution >= 0.6 is 0 Å². The van der Waals surface area contributed by atoms with Gasteiger partial charge in [-0.25, -0.2) is 0 Å². The van der Waals surface area contributed by atoms with Crippen molar-refractivity contribution >= 4 is 23.9 Å². The second kappa shape index (κ2) is 9.59. The van der Waals surface area contributed by atoms with E-state index in [-0.39, 0.29) is 6.61 Å². The van der Waals surface area contributed by atoms with Gasteiger partial charge in [0.25, 0.3) is 0 Å². The summed E-state index contributed by atoms with van der Waals surface area (Å²) in [4.78, 5) is 47.9. The fourth-order valence-corrected chi connectivity index (χ4v) is 2.33. The first-order chi connectivity index (χ1) is 12.1. The average molecular weight is 373 g/mol. The largest absolute Gasteiger partial charge is 0.463 e. The van der Waals surface area contributed by atoms with Crippen LogP contribution in [0.1, 0.15) is 27.7 Å². The molecule has 0 radical (unpaired) electrons. The van der Waals surface area contributed by atoms with Crippen molar-refractivity contribution in [2.75, 3.05) is 6.61 Å². The van der Waals surface area contributed by atoms with Gasteiger partial charge >= 0.3 is 23.9 Å². The van der Waals surface area contributed by atoms with E-state index in [1.165, 1.54) is 0 Å². The van der Waals surface area contributed by atoms with Gasteiger partial charge in [-0.15, -0.1) is 0 Å². The maximum Gasteiger partial charge on any atom is 0.304 e. The van der Waals surface area contributed by atoms with Crippen LogP contribution in [0.4, 0.5) is 0 Å². The van der Waals surface area contributed by atoms with Crippen molar-refractivity contribution in [1.82, 2.24) is 0 Å². The van der Waals surface area contributed by atoms with Crippen LogP contribution in [-0.4, -0.2) is 61.1 Å². The molecule has 1 aliphatic rings. The van der Waals surface area contributed by atoms with Crippen molar-refractivity contribution in [1.29, 1.82) is 0 Å².